The Morgan fingerprint density at radius 1 is 1.09 bits per heavy atom. The minimum absolute atomic E-state index is 0.0218. The van der Waals surface area contributed by atoms with Crippen LogP contribution in [0.15, 0.2) is 49.2 Å². The fraction of sp³-hybridized carbons (Fsp3) is 0.455. The lowest BCUT2D eigenvalue weighted by atomic mass is 9.78. The second-order valence-corrected chi connectivity index (χ2v) is 12.8. The number of rotatable bonds is 9. The lowest BCUT2D eigenvalue weighted by molar-refractivity contribution is -0.134. The van der Waals surface area contributed by atoms with Crippen molar-refractivity contribution in [3.05, 3.63) is 60.3 Å². The Morgan fingerprint density at radius 3 is 2.59 bits per heavy atom. The van der Waals surface area contributed by atoms with E-state index in [1.54, 1.807) is 24.0 Å². The van der Waals surface area contributed by atoms with Crippen molar-refractivity contribution in [2.24, 2.45) is 0 Å². The number of amides is 1. The Bertz CT molecular complexity index is 1770. The van der Waals surface area contributed by atoms with Crippen LogP contribution in [-0.2, 0) is 11.3 Å². The maximum absolute atomic E-state index is 11.4. The minimum Gasteiger partial charge on any atom is -0.491 e. The number of anilines is 1. The van der Waals surface area contributed by atoms with Crippen molar-refractivity contribution < 1.29 is 14.3 Å². The molecule has 1 amide bonds. The van der Waals surface area contributed by atoms with Crippen molar-refractivity contribution >= 4 is 17.2 Å². The number of hydrogen-bond acceptors (Lipinski definition) is 11. The summed E-state index contributed by atoms with van der Waals surface area (Å²) in [5, 5.41) is 17.3. The van der Waals surface area contributed by atoms with E-state index < -0.39 is 0 Å². The van der Waals surface area contributed by atoms with Gasteiger partial charge in [-0.1, -0.05) is 6.07 Å². The van der Waals surface area contributed by atoms with Gasteiger partial charge >= 0.3 is 0 Å². The summed E-state index contributed by atoms with van der Waals surface area (Å²) in [6.07, 6.45) is 12.7. The number of piperazine rings is 1. The van der Waals surface area contributed by atoms with Gasteiger partial charge in [-0.3, -0.25) is 19.6 Å². The fourth-order valence-electron chi connectivity index (χ4n) is 7.43. The topological polar surface area (TPSA) is 137 Å². The van der Waals surface area contributed by atoms with E-state index in [2.05, 4.69) is 42.2 Å². The minimum atomic E-state index is 0.0218. The average Bonchev–Trinajstić information content (AvgIpc) is 3.50. The lowest BCUT2D eigenvalue weighted by Crippen LogP contribution is -2.68. The molecule has 4 aromatic rings. The molecule has 1 spiro atoms. The molecule has 5 saturated heterocycles. The summed E-state index contributed by atoms with van der Waals surface area (Å²) in [5.41, 5.74) is 3.79. The van der Waals surface area contributed by atoms with E-state index in [1.807, 2.05) is 30.7 Å². The zero-order valence-electron chi connectivity index (χ0n) is 25.8. The monoisotopic (exact) mass is 620 g/mol. The Labute approximate surface area is 266 Å². The molecule has 9 rings (SSSR count). The average molecular weight is 621 g/mol. The number of hydrogen-bond donors (Lipinski definition) is 1. The van der Waals surface area contributed by atoms with Crippen LogP contribution < -0.4 is 19.7 Å². The number of ether oxygens (including phenoxy) is 2. The van der Waals surface area contributed by atoms with Crippen molar-refractivity contribution in [3.63, 3.8) is 0 Å². The maximum atomic E-state index is 11.4. The molecular formula is C33H36N10O3. The van der Waals surface area contributed by atoms with Crippen molar-refractivity contribution in [2.45, 2.75) is 49.9 Å². The second kappa shape index (κ2) is 11.5. The molecule has 13 heteroatoms. The Hall–Kier alpha value is -4.80. The Morgan fingerprint density at radius 2 is 1.91 bits per heavy atom. The first-order valence-corrected chi connectivity index (χ1v) is 15.9. The summed E-state index contributed by atoms with van der Waals surface area (Å²) >= 11 is 0. The van der Waals surface area contributed by atoms with Gasteiger partial charge in [0.15, 0.2) is 0 Å². The van der Waals surface area contributed by atoms with E-state index in [0.29, 0.717) is 53.5 Å². The van der Waals surface area contributed by atoms with E-state index in [4.69, 9.17) is 19.4 Å². The largest absolute Gasteiger partial charge is 0.491 e. The van der Waals surface area contributed by atoms with Crippen molar-refractivity contribution in [3.8, 4) is 29.0 Å². The number of aromatic nitrogens is 5. The zero-order valence-corrected chi connectivity index (χ0v) is 25.8. The van der Waals surface area contributed by atoms with Gasteiger partial charge in [0, 0.05) is 75.6 Å². The van der Waals surface area contributed by atoms with E-state index in [-0.39, 0.29) is 11.4 Å². The molecule has 2 bridgehead atoms. The van der Waals surface area contributed by atoms with Crippen molar-refractivity contribution in [1.29, 1.82) is 5.26 Å². The fourth-order valence-corrected chi connectivity index (χ4v) is 7.43. The molecule has 46 heavy (non-hydrogen) atoms. The molecule has 0 aromatic carbocycles. The first kappa shape index (κ1) is 28.7. The van der Waals surface area contributed by atoms with E-state index in [0.717, 1.165) is 63.5 Å². The van der Waals surface area contributed by atoms with Crippen LogP contribution in [0.1, 0.15) is 36.8 Å². The molecule has 5 aliphatic rings. The van der Waals surface area contributed by atoms with Crippen LogP contribution in [-0.4, -0.2) is 104 Å². The van der Waals surface area contributed by atoms with Crippen molar-refractivity contribution in [2.75, 3.05) is 51.3 Å². The van der Waals surface area contributed by atoms with E-state index in [9.17, 15) is 10.1 Å². The summed E-state index contributed by atoms with van der Waals surface area (Å²) in [6, 6.07) is 9.11. The number of carbonyl (C=O) groups excluding carboxylic acids is 1. The standard InChI is InChI=1S/C33H36N10O3/c1-45-31-3-2-22(14-37-31)18-42-24-10-25(42)20-41(19-24)29-17-35-28(16-36-29)27-11-26(21-43-32(27)23(13-34)15-38-43)46-9-8-40-6-4-33(5-7-40)12-30(44)39-33/h2-3,11,14-17,21,24-25H,4-10,12,18-20H2,1H3,(H,39,44). The predicted octanol–water partition coefficient (Wildman–Crippen LogP) is 2.26. The Balaban J connectivity index is 0.928. The first-order chi connectivity index (χ1) is 22.5. The van der Waals surface area contributed by atoms with Crippen LogP contribution in [0.5, 0.6) is 11.6 Å². The number of methoxy groups -OCH3 is 1. The number of nitrogens with one attached hydrogen (secondary N) is 1. The zero-order chi connectivity index (χ0) is 31.3. The first-order valence-electron chi connectivity index (χ1n) is 15.9. The van der Waals surface area contributed by atoms with Gasteiger partial charge in [0.25, 0.3) is 0 Å². The number of nitriles is 1. The lowest BCUT2D eigenvalue weighted by Gasteiger charge is -2.56. The highest BCUT2D eigenvalue weighted by atomic mass is 16.5. The molecule has 0 radical (unpaired) electrons. The van der Waals surface area contributed by atoms with Gasteiger partial charge in [-0.05, 0) is 30.9 Å². The summed E-state index contributed by atoms with van der Waals surface area (Å²) in [7, 11) is 1.63. The molecule has 1 N–H and O–H groups in total. The highest BCUT2D eigenvalue weighted by Crippen LogP contribution is 2.36. The van der Waals surface area contributed by atoms with Crippen molar-refractivity contribution in [1.82, 2.24) is 39.7 Å². The third-order valence-electron chi connectivity index (χ3n) is 10.1. The van der Waals surface area contributed by atoms with Gasteiger partial charge < -0.3 is 19.7 Å². The molecule has 0 aliphatic carbocycles. The van der Waals surface area contributed by atoms with E-state index in [1.165, 1.54) is 12.0 Å². The number of piperidine rings is 2. The molecule has 5 aliphatic heterocycles. The molecule has 5 fully saturated rings. The molecule has 13 nitrogen and oxygen atoms in total. The molecule has 2 atom stereocenters. The predicted molar refractivity (Wildman–Crippen MR) is 168 cm³/mol. The van der Waals surface area contributed by atoms with Gasteiger partial charge in [-0.15, -0.1) is 0 Å². The van der Waals surface area contributed by atoms with Gasteiger partial charge in [0.2, 0.25) is 11.8 Å². The highest BCUT2D eigenvalue weighted by molar-refractivity contribution is 5.85. The molecule has 9 heterocycles. The Kier molecular flexibility index (Phi) is 7.18. The van der Waals surface area contributed by atoms with Gasteiger partial charge in [0.05, 0.1) is 54.2 Å². The third-order valence-corrected chi connectivity index (χ3v) is 10.1. The van der Waals surface area contributed by atoms with E-state index >= 15 is 0 Å². The molecule has 0 saturated carbocycles. The van der Waals surface area contributed by atoms with Crippen LogP contribution in [0, 0.1) is 11.3 Å². The summed E-state index contributed by atoms with van der Waals surface area (Å²) in [5.74, 6) is 2.30. The van der Waals surface area contributed by atoms with Crippen LogP contribution in [0.3, 0.4) is 0 Å². The maximum Gasteiger partial charge on any atom is 0.222 e. The molecule has 2 unspecified atom stereocenters. The van der Waals surface area contributed by atoms with Crippen LogP contribution in [0.25, 0.3) is 16.8 Å². The van der Waals surface area contributed by atoms with Gasteiger partial charge in [-0.2, -0.15) is 10.4 Å². The van der Waals surface area contributed by atoms with Crippen LogP contribution in [0.4, 0.5) is 5.82 Å². The number of fused-ring (bicyclic) bond motifs is 3. The third kappa shape index (κ3) is 5.27. The van der Waals surface area contributed by atoms with Gasteiger partial charge in [0.1, 0.15) is 24.2 Å². The smallest absolute Gasteiger partial charge is 0.222 e. The number of carbonyl (C=O) groups is 1. The quantitative estimate of drug-likeness (QED) is 0.276. The number of nitrogens with zero attached hydrogens (tertiary/aromatic N) is 9. The van der Waals surface area contributed by atoms with Crippen LogP contribution in [0.2, 0.25) is 0 Å². The van der Waals surface area contributed by atoms with Crippen LogP contribution >= 0.6 is 0 Å². The normalized spacial score (nSPS) is 22.2. The highest BCUT2D eigenvalue weighted by Gasteiger charge is 2.45. The second-order valence-electron chi connectivity index (χ2n) is 12.8. The summed E-state index contributed by atoms with van der Waals surface area (Å²) in [4.78, 5) is 32.7. The number of likely N-dealkylation sites (tertiary alicyclic amines) is 1. The molecule has 236 valence electrons. The van der Waals surface area contributed by atoms with Gasteiger partial charge in [-0.25, -0.2) is 14.5 Å². The SMILES string of the molecule is COc1ccc(CN2C3CC2CN(c2cnc(-c4cc(OCCN5CCC6(CC5)CC(=O)N6)cn5ncc(C#N)c45)cn2)C3)cn1. The number of pyridine rings is 2. The summed E-state index contributed by atoms with van der Waals surface area (Å²) in [6.45, 7) is 5.87. The summed E-state index contributed by atoms with van der Waals surface area (Å²) < 4.78 is 13.1. The molecule has 4 aromatic heterocycles. The molecular weight excluding hydrogens is 584 g/mol. The number of β-lactam (4-membered cyclic amide) rings is 1.